The number of aromatic amines is 1. The molecule has 0 radical (unpaired) electrons. The van der Waals surface area contributed by atoms with Crippen molar-refractivity contribution < 1.29 is 8.81 Å². The lowest BCUT2D eigenvalue weighted by molar-refractivity contribution is 0.627. The summed E-state index contributed by atoms with van der Waals surface area (Å²) in [7, 11) is 0. The van der Waals surface area contributed by atoms with Gasteiger partial charge in [-0.05, 0) is 64.5 Å². The highest BCUT2D eigenvalue weighted by Gasteiger charge is 2.19. The lowest BCUT2D eigenvalue weighted by atomic mass is 10.1. The first-order valence-electron chi connectivity index (χ1n) is 9.39. The molecule has 5 aromatic rings. The van der Waals surface area contributed by atoms with Gasteiger partial charge in [-0.15, -0.1) is 0 Å². The molecule has 0 aliphatic heterocycles. The summed E-state index contributed by atoms with van der Waals surface area (Å²) in [5, 5.41) is 1.18. The maximum absolute atomic E-state index is 14.3. The first-order valence-corrected chi connectivity index (χ1v) is 10.6. The Labute approximate surface area is 191 Å². The highest BCUT2D eigenvalue weighted by atomic mass is 79.9. The molecule has 0 atom stereocenters. The third kappa shape index (κ3) is 3.88. The van der Waals surface area contributed by atoms with Crippen LogP contribution in [0, 0.1) is 17.7 Å². The minimum atomic E-state index is -0.452. The fraction of sp³-hybridized carbons (Fsp3) is 0. The number of aromatic nitrogens is 2. The van der Waals surface area contributed by atoms with Gasteiger partial charge in [0.2, 0.25) is 0 Å². The number of imidazole rings is 1. The molecule has 31 heavy (non-hydrogen) atoms. The molecule has 0 bridgehead atoms. The lowest BCUT2D eigenvalue weighted by Crippen LogP contribution is -1.87. The van der Waals surface area contributed by atoms with Gasteiger partial charge in [-0.2, -0.15) is 0 Å². The molecule has 5 rings (SSSR count). The van der Waals surface area contributed by atoms with Gasteiger partial charge in [0.1, 0.15) is 27.5 Å². The van der Waals surface area contributed by atoms with Crippen LogP contribution in [-0.4, -0.2) is 9.97 Å². The molecule has 0 amide bonds. The minimum Gasteiger partial charge on any atom is -0.454 e. The van der Waals surface area contributed by atoms with E-state index in [1.807, 2.05) is 54.6 Å². The van der Waals surface area contributed by atoms with Crippen molar-refractivity contribution in [2.45, 2.75) is 0 Å². The van der Waals surface area contributed by atoms with E-state index in [1.54, 1.807) is 12.1 Å². The average Bonchev–Trinajstić information content (AvgIpc) is 3.35. The van der Waals surface area contributed by atoms with Crippen LogP contribution < -0.4 is 0 Å². The number of nitrogens with one attached hydrogen (secondary N) is 1. The highest BCUT2D eigenvalue weighted by molar-refractivity contribution is 9.10. The summed E-state index contributed by atoms with van der Waals surface area (Å²) in [6, 6.07) is 22.0. The molecule has 0 saturated heterocycles. The van der Waals surface area contributed by atoms with Crippen molar-refractivity contribution in [3.05, 3.63) is 99.4 Å². The van der Waals surface area contributed by atoms with Crippen molar-refractivity contribution in [2.24, 2.45) is 0 Å². The van der Waals surface area contributed by atoms with Crippen LogP contribution in [-0.2, 0) is 0 Å². The van der Waals surface area contributed by atoms with Crippen LogP contribution in [0.5, 0.6) is 0 Å². The van der Waals surface area contributed by atoms with E-state index in [0.29, 0.717) is 27.5 Å². The summed E-state index contributed by atoms with van der Waals surface area (Å²) in [6.07, 6.45) is 0. The quantitative estimate of drug-likeness (QED) is 0.261. The zero-order chi connectivity index (χ0) is 21.4. The maximum Gasteiger partial charge on any atom is 0.156 e. The van der Waals surface area contributed by atoms with Crippen molar-refractivity contribution in [1.29, 1.82) is 0 Å². The van der Waals surface area contributed by atoms with Crippen LogP contribution in [0.3, 0.4) is 0 Å². The molecule has 0 aliphatic rings. The summed E-state index contributed by atoms with van der Waals surface area (Å²) in [6.45, 7) is 0. The van der Waals surface area contributed by atoms with Crippen LogP contribution >= 0.6 is 27.5 Å². The number of H-pyrrole nitrogens is 1. The van der Waals surface area contributed by atoms with Crippen LogP contribution in [0.2, 0.25) is 5.02 Å². The summed E-state index contributed by atoms with van der Waals surface area (Å²) < 4.78 is 20.8. The van der Waals surface area contributed by atoms with E-state index in [0.717, 1.165) is 16.5 Å². The van der Waals surface area contributed by atoms with Crippen LogP contribution in [0.1, 0.15) is 11.1 Å². The third-order valence-corrected chi connectivity index (χ3v) is 5.62. The molecule has 0 spiro atoms. The van der Waals surface area contributed by atoms with Gasteiger partial charge in [-0.1, -0.05) is 47.7 Å². The van der Waals surface area contributed by atoms with Gasteiger partial charge in [-0.25, -0.2) is 9.37 Å². The number of hydrogen-bond acceptors (Lipinski definition) is 2. The normalized spacial score (nSPS) is 10.8. The molecule has 0 saturated carbocycles. The molecular formula is C25H13BrClFN2O. The second-order valence-corrected chi connectivity index (χ2v) is 8.02. The third-order valence-electron chi connectivity index (χ3n) is 4.73. The summed E-state index contributed by atoms with van der Waals surface area (Å²) in [5.41, 5.74) is 3.28. The fourth-order valence-corrected chi connectivity index (χ4v) is 3.99. The highest BCUT2D eigenvalue weighted by Crippen LogP contribution is 2.36. The Morgan fingerprint density at radius 2 is 1.74 bits per heavy atom. The molecule has 1 N–H and O–H groups in total. The lowest BCUT2D eigenvalue weighted by Gasteiger charge is -2.01. The van der Waals surface area contributed by atoms with Gasteiger partial charge < -0.3 is 9.40 Å². The smallest absolute Gasteiger partial charge is 0.156 e. The average molecular weight is 492 g/mol. The molecule has 2 aromatic heterocycles. The molecule has 3 nitrogen and oxygen atoms in total. The Balaban J connectivity index is 1.52. The van der Waals surface area contributed by atoms with Crippen LogP contribution in [0.25, 0.3) is 33.8 Å². The number of halogens is 3. The standard InChI is InChI=1S/C25H13BrClFN2O/c26-24-23(29-25(30-24)22-18(27)7-4-8-19(22)28)21-14-17-13-16(11-12-20(17)31-21)10-9-15-5-2-1-3-6-15/h1-8,11-14H,(H,29,30). The first kappa shape index (κ1) is 19.6. The Bertz CT molecular complexity index is 1460. The molecule has 150 valence electrons. The van der Waals surface area contributed by atoms with Gasteiger partial charge in [0.25, 0.3) is 0 Å². The molecule has 3 aromatic carbocycles. The predicted molar refractivity (Wildman–Crippen MR) is 124 cm³/mol. The summed E-state index contributed by atoms with van der Waals surface area (Å²) in [5.74, 6) is 6.74. The van der Waals surface area contributed by atoms with Gasteiger partial charge in [0, 0.05) is 16.5 Å². The molecule has 2 heterocycles. The SMILES string of the molecule is Fc1cccc(Cl)c1-c1nc(-c2cc3cc(C#Cc4ccccc4)ccc3o2)c(Br)[nH]1. The molecule has 0 aliphatic carbocycles. The number of hydrogen-bond donors (Lipinski definition) is 1. The molecule has 0 fully saturated rings. The second kappa shape index (κ2) is 8.07. The Morgan fingerprint density at radius 1 is 0.935 bits per heavy atom. The van der Waals surface area contributed by atoms with E-state index in [4.69, 9.17) is 16.0 Å². The van der Waals surface area contributed by atoms with Crippen molar-refractivity contribution in [1.82, 2.24) is 9.97 Å². The van der Waals surface area contributed by atoms with E-state index in [1.165, 1.54) is 6.07 Å². The summed E-state index contributed by atoms with van der Waals surface area (Å²) in [4.78, 5) is 7.55. The van der Waals surface area contributed by atoms with Gasteiger partial charge in [0.05, 0.1) is 10.6 Å². The van der Waals surface area contributed by atoms with E-state index in [2.05, 4.69) is 37.7 Å². The van der Waals surface area contributed by atoms with Gasteiger partial charge in [-0.3, -0.25) is 0 Å². The van der Waals surface area contributed by atoms with E-state index in [9.17, 15) is 4.39 Å². The van der Waals surface area contributed by atoms with Crippen molar-refractivity contribution in [2.75, 3.05) is 0 Å². The van der Waals surface area contributed by atoms with Crippen molar-refractivity contribution >= 4 is 38.5 Å². The zero-order valence-corrected chi connectivity index (χ0v) is 18.3. The van der Waals surface area contributed by atoms with Crippen molar-refractivity contribution in [3.8, 4) is 34.7 Å². The van der Waals surface area contributed by atoms with E-state index >= 15 is 0 Å². The largest absolute Gasteiger partial charge is 0.454 e. The predicted octanol–water partition coefficient (Wildman–Crippen LogP) is 7.44. The first-order chi connectivity index (χ1) is 15.1. The van der Waals surface area contributed by atoms with Crippen LogP contribution in [0.4, 0.5) is 4.39 Å². The number of rotatable bonds is 2. The Kier molecular flexibility index (Phi) is 5.11. The minimum absolute atomic E-state index is 0.214. The second-order valence-electron chi connectivity index (χ2n) is 6.82. The molecule has 0 unspecified atom stereocenters. The summed E-state index contributed by atoms with van der Waals surface area (Å²) >= 11 is 9.63. The number of furan rings is 1. The van der Waals surface area contributed by atoms with Gasteiger partial charge >= 0.3 is 0 Å². The fourth-order valence-electron chi connectivity index (χ4n) is 3.26. The Morgan fingerprint density at radius 3 is 2.55 bits per heavy atom. The van der Waals surface area contributed by atoms with E-state index < -0.39 is 5.82 Å². The van der Waals surface area contributed by atoms with Gasteiger partial charge in [0.15, 0.2) is 5.76 Å². The number of nitrogens with zero attached hydrogens (tertiary/aromatic N) is 1. The zero-order valence-electron chi connectivity index (χ0n) is 15.9. The van der Waals surface area contributed by atoms with Crippen LogP contribution in [0.15, 0.2) is 81.8 Å². The maximum atomic E-state index is 14.3. The monoisotopic (exact) mass is 490 g/mol. The molecular weight excluding hydrogens is 479 g/mol. The number of fused-ring (bicyclic) bond motifs is 1. The van der Waals surface area contributed by atoms with E-state index in [-0.39, 0.29) is 10.6 Å². The number of benzene rings is 3. The topological polar surface area (TPSA) is 41.8 Å². The molecule has 6 heteroatoms. The Hall–Kier alpha value is -3.33. The van der Waals surface area contributed by atoms with Crippen molar-refractivity contribution in [3.63, 3.8) is 0 Å².